The van der Waals surface area contributed by atoms with Gasteiger partial charge in [0.1, 0.15) is 4.83 Å². The number of H-pyrrole nitrogens is 1. The van der Waals surface area contributed by atoms with Crippen molar-refractivity contribution in [3.8, 4) is 0 Å². The molecule has 2 aromatic rings. The number of hydrogen-bond donors (Lipinski definition) is 2. The van der Waals surface area contributed by atoms with Crippen LogP contribution in [0.3, 0.4) is 0 Å². The lowest BCUT2D eigenvalue weighted by atomic mass is 9.98. The van der Waals surface area contributed by atoms with Crippen LogP contribution in [0.2, 0.25) is 0 Å². The smallest absolute Gasteiger partial charge is 0.372 e. The van der Waals surface area contributed by atoms with Gasteiger partial charge in [0, 0.05) is 4.88 Å². The number of aromatic carboxylic acids is 1. The zero-order valence-corrected chi connectivity index (χ0v) is 12.7. The zero-order chi connectivity index (χ0) is 15.9. The second kappa shape index (κ2) is 5.53. The summed E-state index contributed by atoms with van der Waals surface area (Å²) in [6.07, 6.45) is 1.78. The Balaban J connectivity index is 2.05. The maximum Gasteiger partial charge on any atom is 0.372 e. The van der Waals surface area contributed by atoms with Crippen LogP contribution in [0.15, 0.2) is 4.79 Å². The highest BCUT2D eigenvalue weighted by molar-refractivity contribution is 7.18. The van der Waals surface area contributed by atoms with Crippen LogP contribution in [0.1, 0.15) is 46.7 Å². The summed E-state index contributed by atoms with van der Waals surface area (Å²) < 4.78 is 4.97. The van der Waals surface area contributed by atoms with Gasteiger partial charge in [0.25, 0.3) is 5.56 Å². The van der Waals surface area contributed by atoms with Crippen LogP contribution >= 0.6 is 11.3 Å². The summed E-state index contributed by atoms with van der Waals surface area (Å²) in [5, 5.41) is 9.37. The van der Waals surface area contributed by atoms with Gasteiger partial charge in [0.2, 0.25) is 5.82 Å². The molecule has 0 radical (unpaired) electrons. The van der Waals surface area contributed by atoms with Crippen molar-refractivity contribution >= 4 is 33.5 Å². The Kier molecular flexibility index (Phi) is 3.69. The Morgan fingerprint density at radius 1 is 1.50 bits per heavy atom. The van der Waals surface area contributed by atoms with Gasteiger partial charge in [-0.1, -0.05) is 0 Å². The van der Waals surface area contributed by atoms with Crippen molar-refractivity contribution < 1.29 is 19.4 Å². The molecular formula is C14H14N2O5S. The first-order valence-corrected chi connectivity index (χ1v) is 7.77. The third kappa shape index (κ3) is 2.39. The number of fused-ring (bicyclic) bond motifs is 3. The molecule has 1 unspecified atom stereocenters. The van der Waals surface area contributed by atoms with Gasteiger partial charge in [-0.15, -0.1) is 11.3 Å². The Labute approximate surface area is 128 Å². The molecule has 3 rings (SSSR count). The van der Waals surface area contributed by atoms with Crippen LogP contribution < -0.4 is 5.56 Å². The van der Waals surface area contributed by atoms with Gasteiger partial charge in [-0.2, -0.15) is 0 Å². The fourth-order valence-corrected chi connectivity index (χ4v) is 4.14. The van der Waals surface area contributed by atoms with E-state index >= 15 is 0 Å². The highest BCUT2D eigenvalue weighted by atomic mass is 32.1. The standard InChI is InChI=1S/C14H14N2O5S/c1-2-21-8(17)5-6-3-4-7-9(6)10-12(18)15-11(14(19)20)16-13(10)22-7/h6H,2-5H2,1H3,(H,19,20)(H,15,16,18). The first kappa shape index (κ1) is 14.7. The molecule has 0 fully saturated rings. The van der Waals surface area contributed by atoms with Gasteiger partial charge < -0.3 is 14.8 Å². The number of aromatic amines is 1. The van der Waals surface area contributed by atoms with Crippen molar-refractivity contribution in [2.75, 3.05) is 6.61 Å². The largest absolute Gasteiger partial charge is 0.475 e. The molecule has 8 heteroatoms. The van der Waals surface area contributed by atoms with Gasteiger partial charge >= 0.3 is 11.9 Å². The number of aromatic nitrogens is 2. The minimum absolute atomic E-state index is 0.0682. The number of esters is 1. The fourth-order valence-electron chi connectivity index (χ4n) is 2.87. The predicted molar refractivity (Wildman–Crippen MR) is 79.5 cm³/mol. The highest BCUT2D eigenvalue weighted by Gasteiger charge is 2.31. The number of carbonyl (C=O) groups is 2. The van der Waals surface area contributed by atoms with Crippen LogP contribution in [0.25, 0.3) is 10.2 Å². The number of thiophene rings is 1. The molecule has 1 aliphatic carbocycles. The van der Waals surface area contributed by atoms with E-state index in [2.05, 4.69) is 9.97 Å². The van der Waals surface area contributed by atoms with E-state index in [1.165, 1.54) is 11.3 Å². The zero-order valence-electron chi connectivity index (χ0n) is 11.8. The molecule has 22 heavy (non-hydrogen) atoms. The van der Waals surface area contributed by atoms with E-state index in [0.29, 0.717) is 16.8 Å². The van der Waals surface area contributed by atoms with E-state index in [0.717, 1.165) is 23.3 Å². The van der Waals surface area contributed by atoms with E-state index in [9.17, 15) is 14.4 Å². The molecule has 0 saturated heterocycles. The van der Waals surface area contributed by atoms with Crippen LogP contribution in [0.5, 0.6) is 0 Å². The SMILES string of the molecule is CCOC(=O)CC1CCc2sc3nc(C(=O)O)[nH]c(=O)c3c21. The highest BCUT2D eigenvalue weighted by Crippen LogP contribution is 2.43. The maximum atomic E-state index is 12.2. The van der Waals surface area contributed by atoms with E-state index in [1.54, 1.807) is 6.92 Å². The minimum Gasteiger partial charge on any atom is -0.475 e. The number of carboxylic acids is 1. The van der Waals surface area contributed by atoms with Crippen molar-refractivity contribution in [2.24, 2.45) is 0 Å². The molecule has 1 aliphatic rings. The second-order valence-corrected chi connectivity index (χ2v) is 6.17. The van der Waals surface area contributed by atoms with Crippen molar-refractivity contribution in [1.29, 1.82) is 0 Å². The van der Waals surface area contributed by atoms with E-state index in [4.69, 9.17) is 9.84 Å². The predicted octanol–water partition coefficient (Wildman–Crippen LogP) is 1.67. The number of nitrogens with one attached hydrogen (secondary N) is 1. The van der Waals surface area contributed by atoms with Crippen LogP contribution in [0.4, 0.5) is 0 Å². The number of hydrogen-bond acceptors (Lipinski definition) is 6. The van der Waals surface area contributed by atoms with Crippen molar-refractivity contribution in [3.05, 3.63) is 26.6 Å². The van der Waals surface area contributed by atoms with E-state index in [-0.39, 0.29) is 24.1 Å². The molecule has 2 aromatic heterocycles. The fraction of sp³-hybridized carbons (Fsp3) is 0.429. The van der Waals surface area contributed by atoms with Crippen LogP contribution in [-0.4, -0.2) is 33.6 Å². The maximum absolute atomic E-state index is 12.2. The molecule has 1 atom stereocenters. The normalized spacial score (nSPS) is 16.7. The molecule has 0 aliphatic heterocycles. The monoisotopic (exact) mass is 322 g/mol. The van der Waals surface area contributed by atoms with E-state index in [1.807, 2.05) is 0 Å². The van der Waals surface area contributed by atoms with E-state index < -0.39 is 11.5 Å². The lowest BCUT2D eigenvalue weighted by Gasteiger charge is -2.09. The van der Waals surface area contributed by atoms with Crippen molar-refractivity contribution in [2.45, 2.75) is 32.1 Å². The van der Waals surface area contributed by atoms with Crippen LogP contribution in [-0.2, 0) is 16.0 Å². The summed E-state index contributed by atoms with van der Waals surface area (Å²) >= 11 is 1.33. The Bertz CT molecular complexity index is 822. The summed E-state index contributed by atoms with van der Waals surface area (Å²) in [5.41, 5.74) is 0.370. The van der Waals surface area contributed by atoms with Gasteiger partial charge in [0.15, 0.2) is 0 Å². The molecule has 2 N–H and O–H groups in total. The molecule has 0 bridgehead atoms. The average molecular weight is 322 g/mol. The first-order valence-electron chi connectivity index (χ1n) is 6.95. The molecule has 0 amide bonds. The number of rotatable bonds is 4. The summed E-state index contributed by atoms with van der Waals surface area (Å²) in [4.78, 5) is 42.6. The third-order valence-electron chi connectivity index (χ3n) is 3.72. The molecule has 0 saturated carbocycles. The molecule has 2 heterocycles. The Hall–Kier alpha value is -2.22. The molecule has 116 valence electrons. The molecule has 0 aromatic carbocycles. The van der Waals surface area contributed by atoms with Crippen molar-refractivity contribution in [3.63, 3.8) is 0 Å². The number of nitrogens with zero attached hydrogens (tertiary/aromatic N) is 1. The Morgan fingerprint density at radius 3 is 2.95 bits per heavy atom. The number of aryl methyl sites for hydroxylation is 1. The second-order valence-electron chi connectivity index (χ2n) is 5.08. The number of carboxylic acid groups (broad SMARTS) is 1. The summed E-state index contributed by atoms with van der Waals surface area (Å²) in [6, 6.07) is 0. The first-order chi connectivity index (χ1) is 10.5. The topological polar surface area (TPSA) is 109 Å². The average Bonchev–Trinajstić information content (AvgIpc) is 2.98. The lowest BCUT2D eigenvalue weighted by Crippen LogP contribution is -2.16. The van der Waals surface area contributed by atoms with Gasteiger partial charge in [0.05, 0.1) is 18.4 Å². The molecule has 0 spiro atoms. The number of ether oxygens (including phenoxy) is 1. The number of carbonyl (C=O) groups excluding carboxylic acids is 1. The molecule has 7 nitrogen and oxygen atoms in total. The van der Waals surface area contributed by atoms with Gasteiger partial charge in [-0.3, -0.25) is 9.59 Å². The quantitative estimate of drug-likeness (QED) is 0.829. The minimum atomic E-state index is -1.27. The summed E-state index contributed by atoms with van der Waals surface area (Å²) in [5.74, 6) is -1.98. The van der Waals surface area contributed by atoms with Crippen molar-refractivity contribution in [1.82, 2.24) is 9.97 Å². The summed E-state index contributed by atoms with van der Waals surface area (Å²) in [6.45, 7) is 2.08. The lowest BCUT2D eigenvalue weighted by molar-refractivity contribution is -0.143. The third-order valence-corrected chi connectivity index (χ3v) is 4.88. The van der Waals surface area contributed by atoms with Gasteiger partial charge in [-0.05, 0) is 31.2 Å². The Morgan fingerprint density at radius 2 is 2.27 bits per heavy atom. The molecular weight excluding hydrogens is 308 g/mol. The van der Waals surface area contributed by atoms with Gasteiger partial charge in [-0.25, -0.2) is 9.78 Å². The summed E-state index contributed by atoms with van der Waals surface area (Å²) in [7, 11) is 0. The van der Waals surface area contributed by atoms with Crippen LogP contribution in [0, 0.1) is 0 Å².